The fraction of sp³-hybridized carbons (Fsp3) is 0.261. The van der Waals surface area contributed by atoms with Crippen LogP contribution in [-0.2, 0) is 22.1 Å². The Balaban J connectivity index is 1.50. The van der Waals surface area contributed by atoms with E-state index in [9.17, 15) is 27.6 Å². The van der Waals surface area contributed by atoms with Gasteiger partial charge in [0.2, 0.25) is 0 Å². The molecule has 0 aromatic heterocycles. The Labute approximate surface area is 196 Å². The highest BCUT2D eigenvalue weighted by molar-refractivity contribution is 8.18. The van der Waals surface area contributed by atoms with Crippen molar-refractivity contribution in [2.75, 3.05) is 13.2 Å². The van der Waals surface area contributed by atoms with Crippen LogP contribution in [0, 0.1) is 0 Å². The zero-order chi connectivity index (χ0) is 24.5. The maximum atomic E-state index is 13.7. The van der Waals surface area contributed by atoms with Gasteiger partial charge in [-0.15, -0.1) is 0 Å². The SMILES string of the molecule is CCN1C(=O)OCC1Cc1ccc(Oc2ccc(/C=C3\SC(=O)NC3=O)c(C(F)(F)F)c2)cc1. The summed E-state index contributed by atoms with van der Waals surface area (Å²) in [5.74, 6) is -0.432. The molecule has 3 amide bonds. The Bertz CT molecular complexity index is 1160. The van der Waals surface area contributed by atoms with Gasteiger partial charge in [-0.25, -0.2) is 4.79 Å². The van der Waals surface area contributed by atoms with Gasteiger partial charge in [-0.05, 0) is 66.6 Å². The second-order valence-corrected chi connectivity index (χ2v) is 8.58. The number of thioether (sulfide) groups is 1. The minimum absolute atomic E-state index is 0.0335. The topological polar surface area (TPSA) is 84.9 Å². The van der Waals surface area contributed by atoms with Crippen molar-refractivity contribution >= 4 is 35.1 Å². The standard InChI is InChI=1S/C23H19F3N2O5S/c1-2-28-15(12-32-22(28)31)9-13-3-6-16(7-4-13)33-17-8-5-14(18(11-17)23(24,25)26)10-19-20(29)27-21(30)34-19/h3-8,10-11,15H,2,9,12H2,1H3,(H,27,29,30)/b19-10-. The zero-order valence-corrected chi connectivity index (χ0v) is 18.7. The van der Waals surface area contributed by atoms with Crippen LogP contribution >= 0.6 is 11.8 Å². The van der Waals surface area contributed by atoms with Crippen molar-refractivity contribution in [3.8, 4) is 11.5 Å². The Morgan fingerprint density at radius 3 is 2.47 bits per heavy atom. The lowest BCUT2D eigenvalue weighted by atomic mass is 10.1. The third kappa shape index (κ3) is 5.19. The second kappa shape index (κ2) is 9.41. The van der Waals surface area contributed by atoms with Crippen LogP contribution in [0.4, 0.5) is 22.8 Å². The van der Waals surface area contributed by atoms with Crippen LogP contribution in [0.15, 0.2) is 47.4 Å². The number of cyclic esters (lactones) is 1. The molecule has 7 nitrogen and oxygen atoms in total. The molecule has 2 fully saturated rings. The van der Waals surface area contributed by atoms with Gasteiger partial charge in [-0.1, -0.05) is 18.2 Å². The maximum absolute atomic E-state index is 13.7. The largest absolute Gasteiger partial charge is 0.457 e. The molecule has 0 aliphatic carbocycles. The predicted octanol–water partition coefficient (Wildman–Crippen LogP) is 5.20. The Kier molecular flexibility index (Phi) is 6.56. The summed E-state index contributed by atoms with van der Waals surface area (Å²) in [5.41, 5.74) is -0.322. The molecule has 178 valence electrons. The third-order valence-corrected chi connectivity index (χ3v) is 6.11. The van der Waals surface area contributed by atoms with Crippen molar-refractivity contribution in [1.29, 1.82) is 0 Å². The number of carbonyl (C=O) groups is 3. The summed E-state index contributed by atoms with van der Waals surface area (Å²) in [4.78, 5) is 36.2. The van der Waals surface area contributed by atoms with Crippen LogP contribution in [0.2, 0.25) is 0 Å². The number of hydrogen-bond donors (Lipinski definition) is 1. The van der Waals surface area contributed by atoms with E-state index in [1.807, 2.05) is 12.2 Å². The molecule has 34 heavy (non-hydrogen) atoms. The third-order valence-electron chi connectivity index (χ3n) is 5.30. The van der Waals surface area contributed by atoms with E-state index in [4.69, 9.17) is 9.47 Å². The monoisotopic (exact) mass is 492 g/mol. The summed E-state index contributed by atoms with van der Waals surface area (Å²) in [6, 6.07) is 10.2. The molecular weight excluding hydrogens is 473 g/mol. The first-order valence-corrected chi connectivity index (χ1v) is 11.1. The van der Waals surface area contributed by atoms with Crippen LogP contribution < -0.4 is 10.1 Å². The molecule has 0 bridgehead atoms. The quantitative estimate of drug-likeness (QED) is 0.558. The number of rotatable bonds is 6. The lowest BCUT2D eigenvalue weighted by Crippen LogP contribution is -2.34. The first-order valence-electron chi connectivity index (χ1n) is 10.3. The van der Waals surface area contributed by atoms with Crippen molar-refractivity contribution < 1.29 is 37.0 Å². The molecule has 1 atom stereocenters. The van der Waals surface area contributed by atoms with Gasteiger partial charge in [0.05, 0.1) is 16.5 Å². The number of amides is 3. The van der Waals surface area contributed by atoms with Gasteiger partial charge < -0.3 is 14.4 Å². The van der Waals surface area contributed by atoms with Gasteiger partial charge in [0.25, 0.3) is 11.1 Å². The van der Waals surface area contributed by atoms with Crippen molar-refractivity contribution in [1.82, 2.24) is 10.2 Å². The number of ether oxygens (including phenoxy) is 2. The lowest BCUT2D eigenvalue weighted by Gasteiger charge is -2.19. The normalized spacial score (nSPS) is 19.5. The van der Waals surface area contributed by atoms with Crippen LogP contribution in [-0.4, -0.2) is 41.3 Å². The number of imide groups is 1. The molecule has 2 aliphatic rings. The number of hydrogen-bond acceptors (Lipinski definition) is 6. The molecule has 2 heterocycles. The number of likely N-dealkylation sites (N-methyl/N-ethyl adjacent to an activating group) is 1. The van der Waals surface area contributed by atoms with Crippen LogP contribution in [0.1, 0.15) is 23.6 Å². The summed E-state index contributed by atoms with van der Waals surface area (Å²) < 4.78 is 51.6. The zero-order valence-electron chi connectivity index (χ0n) is 17.8. The van der Waals surface area contributed by atoms with Gasteiger partial charge in [0.15, 0.2) is 0 Å². The minimum Gasteiger partial charge on any atom is -0.457 e. The summed E-state index contributed by atoms with van der Waals surface area (Å²) in [6.07, 6.45) is -3.43. The minimum atomic E-state index is -4.70. The molecule has 2 aromatic rings. The molecule has 2 aromatic carbocycles. The van der Waals surface area contributed by atoms with Crippen LogP contribution in [0.5, 0.6) is 11.5 Å². The molecular formula is C23H19F3N2O5S. The highest BCUT2D eigenvalue weighted by atomic mass is 32.2. The number of nitrogens with zero attached hydrogens (tertiary/aromatic N) is 1. The van der Waals surface area contributed by atoms with Crippen molar-refractivity contribution in [2.45, 2.75) is 25.6 Å². The molecule has 11 heteroatoms. The summed E-state index contributed by atoms with van der Waals surface area (Å²) in [7, 11) is 0. The predicted molar refractivity (Wildman–Crippen MR) is 118 cm³/mol. The Morgan fingerprint density at radius 1 is 1.15 bits per heavy atom. The van der Waals surface area contributed by atoms with Gasteiger partial charge in [0.1, 0.15) is 18.1 Å². The second-order valence-electron chi connectivity index (χ2n) is 7.57. The smallest absolute Gasteiger partial charge is 0.417 e. The number of alkyl halides is 3. The fourth-order valence-corrected chi connectivity index (χ4v) is 4.35. The van der Waals surface area contributed by atoms with Gasteiger partial charge in [-0.2, -0.15) is 13.2 Å². The van der Waals surface area contributed by atoms with Gasteiger partial charge >= 0.3 is 12.3 Å². The van der Waals surface area contributed by atoms with E-state index >= 15 is 0 Å². The summed E-state index contributed by atoms with van der Waals surface area (Å²) in [5, 5.41) is 1.37. The van der Waals surface area contributed by atoms with Crippen LogP contribution in [0.25, 0.3) is 6.08 Å². The average molecular weight is 492 g/mol. The Hall–Kier alpha value is -3.47. The highest BCUT2D eigenvalue weighted by Gasteiger charge is 2.35. The van der Waals surface area contributed by atoms with E-state index in [-0.39, 0.29) is 28.4 Å². The molecule has 0 saturated carbocycles. The van der Waals surface area contributed by atoms with Crippen molar-refractivity contribution in [3.63, 3.8) is 0 Å². The number of halogens is 3. The summed E-state index contributed by atoms with van der Waals surface area (Å²) >= 11 is 0.542. The first kappa shape index (κ1) is 23.7. The molecule has 4 rings (SSSR count). The van der Waals surface area contributed by atoms with E-state index < -0.39 is 22.9 Å². The molecule has 1 unspecified atom stereocenters. The van der Waals surface area contributed by atoms with Crippen molar-refractivity contribution in [2.24, 2.45) is 0 Å². The molecule has 0 spiro atoms. The van der Waals surface area contributed by atoms with Gasteiger partial charge in [-0.3, -0.25) is 14.9 Å². The number of benzene rings is 2. The number of nitrogens with one attached hydrogen (secondary N) is 1. The van der Waals surface area contributed by atoms with Crippen molar-refractivity contribution in [3.05, 3.63) is 64.1 Å². The summed E-state index contributed by atoms with van der Waals surface area (Å²) in [6.45, 7) is 2.72. The Morgan fingerprint density at radius 2 is 1.85 bits per heavy atom. The number of carbonyl (C=O) groups excluding carboxylic acids is 3. The first-order chi connectivity index (χ1) is 16.1. The highest BCUT2D eigenvalue weighted by Crippen LogP contribution is 2.38. The average Bonchev–Trinajstić information content (AvgIpc) is 3.29. The maximum Gasteiger partial charge on any atom is 0.417 e. The molecule has 2 saturated heterocycles. The molecule has 2 aliphatic heterocycles. The van der Waals surface area contributed by atoms with E-state index in [0.29, 0.717) is 37.1 Å². The van der Waals surface area contributed by atoms with E-state index in [1.165, 1.54) is 12.1 Å². The van der Waals surface area contributed by atoms with Gasteiger partial charge in [0, 0.05) is 6.54 Å². The fourth-order valence-electron chi connectivity index (χ4n) is 3.68. The van der Waals surface area contributed by atoms with E-state index in [1.54, 1.807) is 29.2 Å². The van der Waals surface area contributed by atoms with E-state index in [2.05, 4.69) is 0 Å². The van der Waals surface area contributed by atoms with Crippen LogP contribution in [0.3, 0.4) is 0 Å². The molecule has 1 N–H and O–H groups in total. The molecule has 0 radical (unpaired) electrons. The van der Waals surface area contributed by atoms with E-state index in [0.717, 1.165) is 17.7 Å². The lowest BCUT2D eigenvalue weighted by molar-refractivity contribution is -0.137.